The van der Waals surface area contributed by atoms with Crippen LogP contribution in [0, 0.1) is 5.41 Å². The van der Waals surface area contributed by atoms with Gasteiger partial charge in [-0.15, -0.1) is 0 Å². The van der Waals surface area contributed by atoms with Crippen molar-refractivity contribution in [2.45, 2.75) is 26.2 Å². The van der Waals surface area contributed by atoms with Crippen LogP contribution in [-0.2, 0) is 4.79 Å². The zero-order valence-electron chi connectivity index (χ0n) is 5.68. The zero-order chi connectivity index (χ0) is 6.91. The van der Waals surface area contributed by atoms with Crippen LogP contribution in [0.3, 0.4) is 0 Å². The maximum absolute atomic E-state index is 10.8. The molecule has 1 atom stereocenters. The standard InChI is InChI=1S/C7H12O2/c1-7(4-5-8)3-2-6(7)9/h8H,2-5H2,1H3/t7-/m1/s1. The Morgan fingerprint density at radius 1 is 1.78 bits per heavy atom. The molecule has 1 fully saturated rings. The highest BCUT2D eigenvalue weighted by Crippen LogP contribution is 2.39. The third-order valence-electron chi connectivity index (χ3n) is 2.24. The first kappa shape index (κ1) is 6.75. The van der Waals surface area contributed by atoms with Gasteiger partial charge in [-0.1, -0.05) is 6.92 Å². The number of ketones is 1. The Morgan fingerprint density at radius 3 is 2.56 bits per heavy atom. The fourth-order valence-corrected chi connectivity index (χ4v) is 1.17. The number of aliphatic hydroxyl groups excluding tert-OH is 1. The van der Waals surface area contributed by atoms with E-state index in [1.807, 2.05) is 6.92 Å². The second-order valence-corrected chi connectivity index (χ2v) is 2.96. The fraction of sp³-hybridized carbons (Fsp3) is 0.857. The first-order chi connectivity index (χ1) is 4.19. The molecule has 0 unspecified atom stereocenters. The van der Waals surface area contributed by atoms with E-state index >= 15 is 0 Å². The summed E-state index contributed by atoms with van der Waals surface area (Å²) in [6.07, 6.45) is 2.33. The van der Waals surface area contributed by atoms with Crippen LogP contribution in [0.25, 0.3) is 0 Å². The van der Waals surface area contributed by atoms with E-state index in [0.29, 0.717) is 12.2 Å². The van der Waals surface area contributed by atoms with E-state index in [0.717, 1.165) is 12.8 Å². The van der Waals surface area contributed by atoms with Crippen LogP contribution in [-0.4, -0.2) is 17.5 Å². The predicted octanol–water partition coefficient (Wildman–Crippen LogP) is 0.738. The summed E-state index contributed by atoms with van der Waals surface area (Å²) in [5, 5.41) is 8.53. The average molecular weight is 128 g/mol. The van der Waals surface area contributed by atoms with Crippen LogP contribution in [0.4, 0.5) is 0 Å². The largest absolute Gasteiger partial charge is 0.396 e. The molecule has 2 nitrogen and oxygen atoms in total. The zero-order valence-corrected chi connectivity index (χ0v) is 5.68. The molecule has 0 aromatic heterocycles. The number of hydrogen-bond acceptors (Lipinski definition) is 2. The van der Waals surface area contributed by atoms with Gasteiger partial charge in [-0.3, -0.25) is 4.79 Å². The maximum Gasteiger partial charge on any atom is 0.138 e. The van der Waals surface area contributed by atoms with Gasteiger partial charge in [0, 0.05) is 18.4 Å². The Hall–Kier alpha value is -0.370. The number of aliphatic hydroxyl groups is 1. The molecular weight excluding hydrogens is 116 g/mol. The van der Waals surface area contributed by atoms with E-state index < -0.39 is 0 Å². The Kier molecular flexibility index (Phi) is 1.58. The van der Waals surface area contributed by atoms with Crippen LogP contribution in [0.5, 0.6) is 0 Å². The van der Waals surface area contributed by atoms with Gasteiger partial charge in [0.15, 0.2) is 0 Å². The van der Waals surface area contributed by atoms with Gasteiger partial charge in [0.05, 0.1) is 0 Å². The van der Waals surface area contributed by atoms with Gasteiger partial charge in [0.25, 0.3) is 0 Å². The second-order valence-electron chi connectivity index (χ2n) is 2.96. The minimum absolute atomic E-state index is 0.141. The Morgan fingerprint density at radius 2 is 2.44 bits per heavy atom. The molecular formula is C7H12O2. The lowest BCUT2D eigenvalue weighted by Crippen LogP contribution is -2.38. The minimum Gasteiger partial charge on any atom is -0.396 e. The summed E-state index contributed by atoms with van der Waals surface area (Å²) < 4.78 is 0. The third-order valence-corrected chi connectivity index (χ3v) is 2.24. The van der Waals surface area contributed by atoms with Gasteiger partial charge in [0.1, 0.15) is 5.78 Å². The maximum atomic E-state index is 10.8. The normalized spacial score (nSPS) is 34.2. The fourth-order valence-electron chi connectivity index (χ4n) is 1.17. The van der Waals surface area contributed by atoms with Crippen molar-refractivity contribution >= 4 is 5.78 Å². The lowest BCUT2D eigenvalue weighted by Gasteiger charge is -2.35. The number of Topliss-reactive ketones (excluding diaryl/α,β-unsaturated/α-hetero) is 1. The van der Waals surface area contributed by atoms with Crippen molar-refractivity contribution < 1.29 is 9.90 Å². The van der Waals surface area contributed by atoms with Crippen LogP contribution in [0.2, 0.25) is 0 Å². The summed E-state index contributed by atoms with van der Waals surface area (Å²) in [4.78, 5) is 10.8. The van der Waals surface area contributed by atoms with Crippen LogP contribution >= 0.6 is 0 Å². The van der Waals surface area contributed by atoms with E-state index in [9.17, 15) is 4.79 Å². The Balaban J connectivity index is 2.43. The van der Waals surface area contributed by atoms with Gasteiger partial charge in [-0.25, -0.2) is 0 Å². The van der Waals surface area contributed by atoms with E-state index in [2.05, 4.69) is 0 Å². The van der Waals surface area contributed by atoms with Crippen molar-refractivity contribution in [1.82, 2.24) is 0 Å². The molecule has 2 heteroatoms. The molecule has 0 radical (unpaired) electrons. The molecule has 9 heavy (non-hydrogen) atoms. The van der Waals surface area contributed by atoms with Crippen LogP contribution < -0.4 is 0 Å². The summed E-state index contributed by atoms with van der Waals surface area (Å²) in [7, 11) is 0. The van der Waals surface area contributed by atoms with Crippen LogP contribution in [0.15, 0.2) is 0 Å². The molecule has 0 saturated heterocycles. The summed E-state index contributed by atoms with van der Waals surface area (Å²) >= 11 is 0. The Labute approximate surface area is 54.9 Å². The van der Waals surface area contributed by atoms with Crippen molar-refractivity contribution in [2.24, 2.45) is 5.41 Å². The number of rotatable bonds is 2. The van der Waals surface area contributed by atoms with Crippen molar-refractivity contribution in [3.8, 4) is 0 Å². The number of hydrogen-bond donors (Lipinski definition) is 1. The molecule has 1 saturated carbocycles. The lowest BCUT2D eigenvalue weighted by molar-refractivity contribution is -0.137. The molecule has 0 bridgehead atoms. The van der Waals surface area contributed by atoms with E-state index in [-0.39, 0.29) is 12.0 Å². The number of carbonyl (C=O) groups is 1. The monoisotopic (exact) mass is 128 g/mol. The summed E-state index contributed by atoms with van der Waals surface area (Å²) in [6, 6.07) is 0. The Bertz CT molecular complexity index is 131. The molecule has 0 amide bonds. The molecule has 52 valence electrons. The van der Waals surface area contributed by atoms with Crippen LogP contribution in [0.1, 0.15) is 26.2 Å². The molecule has 1 rings (SSSR count). The average Bonchev–Trinajstić information content (AvgIpc) is 1.86. The first-order valence-electron chi connectivity index (χ1n) is 3.33. The summed E-state index contributed by atoms with van der Waals surface area (Å²) in [5.41, 5.74) is -0.158. The minimum atomic E-state index is -0.158. The molecule has 0 aliphatic heterocycles. The van der Waals surface area contributed by atoms with Crippen molar-refractivity contribution in [1.29, 1.82) is 0 Å². The van der Waals surface area contributed by atoms with E-state index in [1.165, 1.54) is 0 Å². The van der Waals surface area contributed by atoms with Gasteiger partial charge >= 0.3 is 0 Å². The first-order valence-corrected chi connectivity index (χ1v) is 3.33. The second kappa shape index (κ2) is 2.10. The third kappa shape index (κ3) is 0.990. The molecule has 1 aliphatic rings. The van der Waals surface area contributed by atoms with Gasteiger partial charge < -0.3 is 5.11 Å². The highest BCUT2D eigenvalue weighted by atomic mass is 16.3. The van der Waals surface area contributed by atoms with E-state index in [4.69, 9.17) is 5.11 Å². The molecule has 0 aromatic rings. The molecule has 0 heterocycles. The smallest absolute Gasteiger partial charge is 0.138 e. The highest BCUT2D eigenvalue weighted by molar-refractivity contribution is 5.89. The lowest BCUT2D eigenvalue weighted by atomic mass is 9.67. The quantitative estimate of drug-likeness (QED) is 0.595. The molecule has 0 spiro atoms. The van der Waals surface area contributed by atoms with Gasteiger partial charge in [-0.05, 0) is 12.8 Å². The SMILES string of the molecule is C[C@]1(CCO)CCC1=O. The van der Waals surface area contributed by atoms with Gasteiger partial charge in [0.2, 0.25) is 0 Å². The summed E-state index contributed by atoms with van der Waals surface area (Å²) in [6.45, 7) is 2.07. The van der Waals surface area contributed by atoms with Gasteiger partial charge in [-0.2, -0.15) is 0 Å². The van der Waals surface area contributed by atoms with Crippen molar-refractivity contribution in [3.63, 3.8) is 0 Å². The highest BCUT2D eigenvalue weighted by Gasteiger charge is 2.40. The summed E-state index contributed by atoms with van der Waals surface area (Å²) in [5.74, 6) is 0.316. The van der Waals surface area contributed by atoms with Crippen molar-refractivity contribution in [3.05, 3.63) is 0 Å². The molecule has 1 N–H and O–H groups in total. The molecule has 0 aromatic carbocycles. The number of carbonyl (C=O) groups excluding carboxylic acids is 1. The van der Waals surface area contributed by atoms with E-state index in [1.54, 1.807) is 0 Å². The van der Waals surface area contributed by atoms with Crippen molar-refractivity contribution in [2.75, 3.05) is 6.61 Å². The molecule has 1 aliphatic carbocycles. The predicted molar refractivity (Wildman–Crippen MR) is 34.1 cm³/mol. The topological polar surface area (TPSA) is 37.3 Å².